The third-order valence-corrected chi connectivity index (χ3v) is 4.51. The number of rotatable bonds is 5. The summed E-state index contributed by atoms with van der Waals surface area (Å²) >= 11 is 6.07. The number of methoxy groups -OCH3 is 1. The van der Waals surface area contributed by atoms with E-state index >= 15 is 0 Å². The van der Waals surface area contributed by atoms with Gasteiger partial charge in [-0.2, -0.15) is 0 Å². The Bertz CT molecular complexity index is 683. The second kappa shape index (κ2) is 6.97. The Morgan fingerprint density at radius 2 is 1.91 bits per heavy atom. The summed E-state index contributed by atoms with van der Waals surface area (Å²) in [6.45, 7) is 7.01. The molecule has 0 aliphatic rings. The third-order valence-electron chi connectivity index (χ3n) is 2.98. The zero-order valence-electron chi connectivity index (χ0n) is 14.2. The molecule has 23 heavy (non-hydrogen) atoms. The fourth-order valence-electron chi connectivity index (χ4n) is 2.08. The number of hydrogen-bond acceptors (Lipinski definition) is 4. The molecule has 0 aliphatic carbocycles. The summed E-state index contributed by atoms with van der Waals surface area (Å²) in [5.41, 5.74) is -0.165. The molecule has 130 valence electrons. The van der Waals surface area contributed by atoms with Gasteiger partial charge in [0, 0.05) is 5.54 Å². The third kappa shape index (κ3) is 5.28. The molecule has 1 aromatic carbocycles. The Kier molecular flexibility index (Phi) is 5.93. The number of benzene rings is 1. The van der Waals surface area contributed by atoms with E-state index in [4.69, 9.17) is 16.3 Å². The minimum atomic E-state index is -3.68. The standard InChI is InChI=1S/C15H23ClN2O4S/c1-10(14(19)17-15(2,3)4)18(23(6,20)21)11-7-8-13(22-5)12(16)9-11/h7-10H,1-6H3,(H,17,19)/t10-/m0/s1. The number of nitrogens with one attached hydrogen (secondary N) is 1. The van der Waals surface area contributed by atoms with Crippen LogP contribution in [0.5, 0.6) is 5.75 Å². The van der Waals surface area contributed by atoms with Crippen LogP contribution in [-0.2, 0) is 14.8 Å². The van der Waals surface area contributed by atoms with Crippen LogP contribution in [0.3, 0.4) is 0 Å². The lowest BCUT2D eigenvalue weighted by Gasteiger charge is -2.31. The van der Waals surface area contributed by atoms with E-state index in [1.54, 1.807) is 12.1 Å². The summed E-state index contributed by atoms with van der Waals surface area (Å²) in [6.07, 6.45) is 1.05. The van der Waals surface area contributed by atoms with Crippen molar-refractivity contribution < 1.29 is 17.9 Å². The molecule has 0 unspecified atom stereocenters. The molecule has 0 spiro atoms. The molecule has 1 amide bonds. The summed E-state index contributed by atoms with van der Waals surface area (Å²) < 4.78 is 30.5. The maximum atomic E-state index is 12.4. The van der Waals surface area contributed by atoms with E-state index in [1.165, 1.54) is 20.1 Å². The van der Waals surface area contributed by atoms with Crippen LogP contribution < -0.4 is 14.4 Å². The molecule has 0 aromatic heterocycles. The van der Waals surface area contributed by atoms with E-state index in [-0.39, 0.29) is 5.02 Å². The first-order valence-corrected chi connectivity index (χ1v) is 9.24. The van der Waals surface area contributed by atoms with Crippen molar-refractivity contribution in [2.24, 2.45) is 0 Å². The Hall–Kier alpha value is -1.47. The van der Waals surface area contributed by atoms with Gasteiger partial charge in [0.2, 0.25) is 15.9 Å². The first kappa shape index (κ1) is 19.6. The average molecular weight is 363 g/mol. The Labute approximate surface area is 142 Å². The molecular formula is C15H23ClN2O4S. The molecule has 1 atom stereocenters. The van der Waals surface area contributed by atoms with Crippen LogP contribution in [0, 0.1) is 0 Å². The van der Waals surface area contributed by atoms with Crippen LogP contribution in [0.4, 0.5) is 5.69 Å². The summed E-state index contributed by atoms with van der Waals surface area (Å²) in [5.74, 6) is 0.0329. The van der Waals surface area contributed by atoms with Crippen LogP contribution in [0.25, 0.3) is 0 Å². The van der Waals surface area contributed by atoms with Crippen molar-refractivity contribution in [3.8, 4) is 5.75 Å². The van der Waals surface area contributed by atoms with Crippen LogP contribution in [0.1, 0.15) is 27.7 Å². The minimum Gasteiger partial charge on any atom is -0.495 e. The van der Waals surface area contributed by atoms with E-state index in [1.807, 2.05) is 20.8 Å². The molecule has 1 aromatic rings. The van der Waals surface area contributed by atoms with E-state index in [2.05, 4.69) is 5.32 Å². The van der Waals surface area contributed by atoms with Crippen LogP contribution in [0.15, 0.2) is 18.2 Å². The number of hydrogen-bond donors (Lipinski definition) is 1. The number of halogens is 1. The van der Waals surface area contributed by atoms with Crippen molar-refractivity contribution in [3.63, 3.8) is 0 Å². The fourth-order valence-corrected chi connectivity index (χ4v) is 3.49. The highest BCUT2D eigenvalue weighted by Gasteiger charge is 2.31. The van der Waals surface area contributed by atoms with Gasteiger partial charge in [-0.3, -0.25) is 9.10 Å². The Morgan fingerprint density at radius 1 is 1.35 bits per heavy atom. The van der Waals surface area contributed by atoms with E-state index < -0.39 is 27.5 Å². The van der Waals surface area contributed by atoms with E-state index in [0.717, 1.165) is 10.6 Å². The van der Waals surface area contributed by atoms with Crippen molar-refractivity contribution in [1.82, 2.24) is 5.32 Å². The highest BCUT2D eigenvalue weighted by atomic mass is 35.5. The molecule has 6 nitrogen and oxygen atoms in total. The second-order valence-corrected chi connectivity index (χ2v) is 8.56. The number of amides is 1. The van der Waals surface area contributed by atoms with Gasteiger partial charge in [-0.25, -0.2) is 8.42 Å². The molecule has 1 rings (SSSR count). The zero-order chi connectivity index (χ0) is 18.0. The van der Waals surface area contributed by atoms with Gasteiger partial charge in [-0.05, 0) is 45.9 Å². The summed E-state index contributed by atoms with van der Waals surface area (Å²) in [4.78, 5) is 12.4. The topological polar surface area (TPSA) is 75.7 Å². The zero-order valence-corrected chi connectivity index (χ0v) is 15.7. The van der Waals surface area contributed by atoms with Crippen LogP contribution in [0.2, 0.25) is 5.02 Å². The summed E-state index contributed by atoms with van der Waals surface area (Å²) in [7, 11) is -2.21. The molecule has 0 aliphatic heterocycles. The molecule has 1 N–H and O–H groups in total. The maximum Gasteiger partial charge on any atom is 0.244 e. The lowest BCUT2D eigenvalue weighted by atomic mass is 10.1. The van der Waals surface area contributed by atoms with Crippen LogP contribution >= 0.6 is 11.6 Å². The van der Waals surface area contributed by atoms with Crippen LogP contribution in [-0.4, -0.2) is 39.3 Å². The quantitative estimate of drug-likeness (QED) is 0.872. The van der Waals surface area contributed by atoms with Crippen molar-refractivity contribution in [1.29, 1.82) is 0 Å². The fraction of sp³-hybridized carbons (Fsp3) is 0.533. The van der Waals surface area contributed by atoms with Gasteiger partial charge in [0.1, 0.15) is 11.8 Å². The van der Waals surface area contributed by atoms with Gasteiger partial charge in [-0.1, -0.05) is 11.6 Å². The van der Waals surface area contributed by atoms with Gasteiger partial charge >= 0.3 is 0 Å². The number of carbonyl (C=O) groups is 1. The Morgan fingerprint density at radius 3 is 2.30 bits per heavy atom. The van der Waals surface area contributed by atoms with Gasteiger partial charge < -0.3 is 10.1 Å². The van der Waals surface area contributed by atoms with Crippen molar-refractivity contribution in [2.75, 3.05) is 17.7 Å². The SMILES string of the molecule is COc1ccc(N([C@@H](C)C(=O)NC(C)(C)C)S(C)(=O)=O)cc1Cl. The number of carbonyl (C=O) groups excluding carboxylic acids is 1. The minimum absolute atomic E-state index is 0.266. The van der Waals surface area contributed by atoms with Gasteiger partial charge in [0.15, 0.2) is 0 Å². The average Bonchev–Trinajstić information content (AvgIpc) is 2.35. The Balaban J connectivity index is 3.26. The number of anilines is 1. The maximum absolute atomic E-state index is 12.4. The van der Waals surface area contributed by atoms with Crippen molar-refractivity contribution in [3.05, 3.63) is 23.2 Å². The second-order valence-electron chi connectivity index (χ2n) is 6.29. The molecule has 0 radical (unpaired) electrons. The van der Waals surface area contributed by atoms with Crippen molar-refractivity contribution in [2.45, 2.75) is 39.3 Å². The molecular weight excluding hydrogens is 340 g/mol. The smallest absolute Gasteiger partial charge is 0.244 e. The monoisotopic (exact) mass is 362 g/mol. The number of sulfonamides is 1. The summed E-state index contributed by atoms with van der Waals surface area (Å²) in [6, 6.07) is 3.65. The highest BCUT2D eigenvalue weighted by Crippen LogP contribution is 2.31. The molecule has 0 bridgehead atoms. The molecule has 0 heterocycles. The lowest BCUT2D eigenvalue weighted by molar-refractivity contribution is -0.123. The predicted octanol–water partition coefficient (Wildman–Crippen LogP) is 2.42. The van der Waals surface area contributed by atoms with E-state index in [9.17, 15) is 13.2 Å². The van der Waals surface area contributed by atoms with Crippen molar-refractivity contribution >= 4 is 33.2 Å². The predicted molar refractivity (Wildman–Crippen MR) is 92.7 cm³/mol. The largest absolute Gasteiger partial charge is 0.495 e. The van der Waals surface area contributed by atoms with Gasteiger partial charge in [0.05, 0.1) is 24.1 Å². The van der Waals surface area contributed by atoms with E-state index in [0.29, 0.717) is 11.4 Å². The first-order valence-electron chi connectivity index (χ1n) is 7.02. The molecule has 8 heteroatoms. The molecule has 0 fully saturated rings. The first-order chi connectivity index (χ1) is 10.4. The number of ether oxygens (including phenoxy) is 1. The van der Waals surface area contributed by atoms with Gasteiger partial charge in [-0.15, -0.1) is 0 Å². The summed E-state index contributed by atoms with van der Waals surface area (Å²) in [5, 5.41) is 3.04. The van der Waals surface area contributed by atoms with Gasteiger partial charge in [0.25, 0.3) is 0 Å². The highest BCUT2D eigenvalue weighted by molar-refractivity contribution is 7.92. The normalized spacial score (nSPS) is 13.3. The molecule has 0 saturated carbocycles. The lowest BCUT2D eigenvalue weighted by Crippen LogP contribution is -2.52. The molecule has 0 saturated heterocycles. The number of nitrogens with zero attached hydrogens (tertiary/aromatic N) is 1.